The Labute approximate surface area is 259 Å². The minimum Gasteiger partial charge on any atom is -0.491 e. The van der Waals surface area contributed by atoms with E-state index in [1.807, 2.05) is 0 Å². The first-order chi connectivity index (χ1) is 20.5. The Kier molecular flexibility index (Phi) is 13.8. The molecular formula is C24H27BF4N5O4P3S2. The first-order valence-corrected chi connectivity index (χ1v) is 18.7. The van der Waals surface area contributed by atoms with Crippen LogP contribution < -0.4 is 15.9 Å². The lowest BCUT2D eigenvalue weighted by molar-refractivity contribution is 0.111. The molecule has 4 aromatic rings. The number of anilines is 1. The molecule has 2 saturated carbocycles. The van der Waals surface area contributed by atoms with E-state index in [0.29, 0.717) is 27.5 Å². The van der Waals surface area contributed by atoms with E-state index in [1.165, 1.54) is 35.5 Å². The Balaban J connectivity index is 0.000000177. The number of carbonyl (C=O) groups excluding carboxylic acids is 1. The number of carbonyl (C=O) groups is 1. The number of aldehydes is 1. The van der Waals surface area contributed by atoms with Gasteiger partial charge in [-0.05, 0) is 55.4 Å². The van der Waals surface area contributed by atoms with E-state index in [4.69, 9.17) is 15.8 Å². The molecule has 0 amide bonds. The average Bonchev–Trinajstić information content (AvgIpc) is 3.89. The number of hydrogen-bond donors (Lipinski definition) is 3. The van der Waals surface area contributed by atoms with Crippen molar-refractivity contribution in [2.45, 2.75) is 37.5 Å². The molecule has 0 spiro atoms. The molecule has 19 heteroatoms. The van der Waals surface area contributed by atoms with Crippen molar-refractivity contribution in [3.63, 3.8) is 0 Å². The molecule has 230 valence electrons. The lowest BCUT2D eigenvalue weighted by atomic mass is 9.80. The number of halogens is 4. The van der Waals surface area contributed by atoms with Crippen LogP contribution in [0.3, 0.4) is 0 Å². The van der Waals surface area contributed by atoms with Crippen molar-refractivity contribution in [2.24, 2.45) is 0 Å². The summed E-state index contributed by atoms with van der Waals surface area (Å²) < 4.78 is 57.1. The summed E-state index contributed by atoms with van der Waals surface area (Å²) in [6, 6.07) is 3.83. The third kappa shape index (κ3) is 10.5. The van der Waals surface area contributed by atoms with Crippen molar-refractivity contribution < 1.29 is 37.1 Å². The van der Waals surface area contributed by atoms with Crippen LogP contribution in [-0.4, -0.2) is 51.0 Å². The third-order valence-electron chi connectivity index (χ3n) is 5.72. The highest BCUT2D eigenvalue weighted by Gasteiger charge is 2.28. The molecule has 2 aliphatic carbocycles. The molecule has 2 atom stereocenters. The summed E-state index contributed by atoms with van der Waals surface area (Å²) in [7, 11) is 5.28. The van der Waals surface area contributed by atoms with Crippen LogP contribution in [0.5, 0.6) is 5.75 Å². The van der Waals surface area contributed by atoms with Gasteiger partial charge in [0.1, 0.15) is 26.7 Å². The maximum atomic E-state index is 13.5. The van der Waals surface area contributed by atoms with Crippen LogP contribution in [0, 0.1) is 23.3 Å². The number of aromatic nitrogens is 4. The van der Waals surface area contributed by atoms with Crippen molar-refractivity contribution >= 4 is 72.5 Å². The molecule has 43 heavy (non-hydrogen) atoms. The van der Waals surface area contributed by atoms with Crippen molar-refractivity contribution in [1.29, 1.82) is 0 Å². The largest absolute Gasteiger partial charge is 0.491 e. The number of benzene rings is 2. The van der Waals surface area contributed by atoms with Gasteiger partial charge in [0.25, 0.3) is 0 Å². The predicted octanol–water partition coefficient (Wildman–Crippen LogP) is 5.07. The second-order valence-electron chi connectivity index (χ2n) is 9.00. The summed E-state index contributed by atoms with van der Waals surface area (Å²) in [5, 5.41) is 35.9. The highest BCUT2D eigenvalue weighted by Crippen LogP contribution is 2.43. The maximum absolute atomic E-state index is 13.5. The average molecular weight is 693 g/mol. The normalized spacial score (nSPS) is 13.4. The van der Waals surface area contributed by atoms with Crippen molar-refractivity contribution in [3.05, 3.63) is 63.1 Å². The molecule has 9 nitrogen and oxygen atoms in total. The van der Waals surface area contributed by atoms with Crippen molar-refractivity contribution in [1.82, 2.24) is 20.4 Å². The van der Waals surface area contributed by atoms with Gasteiger partial charge >= 0.3 is 7.12 Å². The van der Waals surface area contributed by atoms with Gasteiger partial charge in [-0.1, -0.05) is 30.6 Å². The van der Waals surface area contributed by atoms with E-state index in [9.17, 15) is 22.4 Å². The van der Waals surface area contributed by atoms with Crippen LogP contribution in [0.4, 0.5) is 22.7 Å². The van der Waals surface area contributed by atoms with Crippen LogP contribution >= 0.6 is 48.5 Å². The molecule has 0 radical (unpaired) electrons. The molecule has 2 aliphatic rings. The number of hydrogen-bond acceptors (Lipinski definition) is 11. The van der Waals surface area contributed by atoms with Crippen LogP contribution in [0.1, 0.15) is 57.9 Å². The second-order valence-corrected chi connectivity index (χ2v) is 15.4. The predicted molar refractivity (Wildman–Crippen MR) is 169 cm³/mol. The molecule has 0 aliphatic heterocycles. The lowest BCUT2D eigenvalue weighted by Crippen LogP contribution is -2.30. The van der Waals surface area contributed by atoms with Gasteiger partial charge in [-0.25, -0.2) is 17.6 Å². The van der Waals surface area contributed by atoms with E-state index in [1.54, 1.807) is 0 Å². The van der Waals surface area contributed by atoms with Gasteiger partial charge in [-0.3, -0.25) is 4.79 Å². The molecule has 0 bridgehead atoms. The van der Waals surface area contributed by atoms with Gasteiger partial charge in [0.15, 0.2) is 23.7 Å². The summed E-state index contributed by atoms with van der Waals surface area (Å²) in [6.07, 6.45) is 4.91. The summed E-state index contributed by atoms with van der Waals surface area (Å²) >= 11 is 2.86. The Morgan fingerprint density at radius 1 is 0.907 bits per heavy atom. The smallest absolute Gasteiger partial charge is 0.488 e. The number of nitrogen functional groups attached to an aromatic ring is 1. The molecule has 2 unspecified atom stereocenters. The van der Waals surface area contributed by atoms with Crippen molar-refractivity contribution in [3.8, 4) is 16.3 Å². The van der Waals surface area contributed by atoms with E-state index >= 15 is 0 Å². The Morgan fingerprint density at radius 2 is 1.40 bits per heavy atom. The zero-order valence-electron chi connectivity index (χ0n) is 22.5. The van der Waals surface area contributed by atoms with Crippen molar-refractivity contribution in [2.75, 3.05) is 12.8 Å². The van der Waals surface area contributed by atoms with E-state index in [0.717, 1.165) is 62.2 Å². The van der Waals surface area contributed by atoms with Gasteiger partial charge in [0.05, 0.1) is 12.7 Å². The quantitative estimate of drug-likeness (QED) is 0.109. The Bertz CT molecular complexity index is 1480. The van der Waals surface area contributed by atoms with Gasteiger partial charge < -0.3 is 20.5 Å². The number of nitrogens with two attached hydrogens (primary N) is 1. The van der Waals surface area contributed by atoms with Crippen LogP contribution in [0.2, 0.25) is 0 Å². The molecular weight excluding hydrogens is 666 g/mol. The fraction of sp³-hybridized carbons (Fsp3) is 0.292. The van der Waals surface area contributed by atoms with Gasteiger partial charge in [-0.15, -0.1) is 38.3 Å². The fourth-order valence-electron chi connectivity index (χ4n) is 3.33. The van der Waals surface area contributed by atoms with Gasteiger partial charge in [0, 0.05) is 17.4 Å². The number of ether oxygens (including phenoxy) is 1. The molecule has 0 saturated heterocycles. The highest BCUT2D eigenvalue weighted by molar-refractivity contribution is 8.33. The number of nitrogens with zero attached hydrogens (tertiary/aromatic N) is 4. The molecule has 2 fully saturated rings. The minimum atomic E-state index is -1.89. The Hall–Kier alpha value is -2.18. The summed E-state index contributed by atoms with van der Waals surface area (Å²) in [5.74, 6) is -3.06. The van der Waals surface area contributed by atoms with Gasteiger partial charge in [0.2, 0.25) is 5.13 Å². The molecule has 2 heterocycles. The van der Waals surface area contributed by atoms with Crippen LogP contribution in [0.15, 0.2) is 24.3 Å². The van der Waals surface area contributed by atoms with Crippen LogP contribution in [-0.2, 0) is 0 Å². The van der Waals surface area contributed by atoms with E-state index < -0.39 is 41.7 Å². The van der Waals surface area contributed by atoms with Gasteiger partial charge in [-0.2, -0.15) is 0 Å². The maximum Gasteiger partial charge on any atom is 0.488 e. The van der Waals surface area contributed by atoms with E-state index in [-0.39, 0.29) is 11.7 Å². The first kappa shape index (κ1) is 35.3. The molecule has 6 rings (SSSR count). The summed E-state index contributed by atoms with van der Waals surface area (Å²) in [5.41, 5.74) is 4.90. The second kappa shape index (κ2) is 16.8. The summed E-state index contributed by atoms with van der Waals surface area (Å²) in [4.78, 5) is 10.5. The number of rotatable bonds is 6. The zero-order valence-corrected chi connectivity index (χ0v) is 27.4. The standard InChI is InChI=1S/C12H8F2N2OS.C7H7BF2O3.C5H7N3S.H5P3/c13-9-3-7(4-10(14)8(9)5-17)12-16-15-11(18-12)6-1-2-6;1-13-7-5(9)2-4(8(11)12)3-6(7)10;6-5-8-7-4(9-5)3-1-2-3;1-3-2/h3-6H,1-2H2;2-3,11-12H,1H3;3H,1-2H2,(H2,6,8);3H,1-2H2. The van der Waals surface area contributed by atoms with Crippen LogP contribution in [0.25, 0.3) is 10.6 Å². The fourth-order valence-corrected chi connectivity index (χ4v) is 5.11. The third-order valence-corrected chi connectivity index (χ3v) is 7.77. The first-order valence-electron chi connectivity index (χ1n) is 12.4. The molecule has 4 N–H and O–H groups in total. The molecule has 2 aromatic carbocycles. The highest BCUT2D eigenvalue weighted by atomic mass is 32.4. The lowest BCUT2D eigenvalue weighted by Gasteiger charge is -2.05. The summed E-state index contributed by atoms with van der Waals surface area (Å²) in [6.45, 7) is 0. The SMILES string of the molecule is COc1c(F)cc(B(O)O)cc1F.Nc1nnc(C2CC2)s1.O=Cc1c(F)cc(-c2nnc(C3CC3)s2)cc1F.PPP. The zero-order chi connectivity index (χ0) is 31.7. The Morgan fingerprint density at radius 3 is 1.79 bits per heavy atom. The monoisotopic (exact) mass is 693 g/mol. The number of methoxy groups -OCH3 is 1. The minimum absolute atomic E-state index is 0.171. The molecule has 2 aromatic heterocycles. The topological polar surface area (TPSA) is 144 Å². The van der Waals surface area contributed by atoms with E-state index in [2.05, 4.69) is 43.0 Å².